The molecule has 0 unspecified atom stereocenters. The van der Waals surface area contributed by atoms with Gasteiger partial charge in [0.1, 0.15) is 10.6 Å². The van der Waals surface area contributed by atoms with E-state index in [1.54, 1.807) is 22.0 Å². The summed E-state index contributed by atoms with van der Waals surface area (Å²) >= 11 is 2.97. The number of thiophene rings is 1. The Morgan fingerprint density at radius 1 is 1.39 bits per heavy atom. The van der Waals surface area contributed by atoms with Crippen LogP contribution in [0.1, 0.15) is 28.0 Å². The molecule has 0 spiro atoms. The summed E-state index contributed by atoms with van der Waals surface area (Å²) in [6.45, 7) is 4.51. The molecule has 10 heteroatoms. The summed E-state index contributed by atoms with van der Waals surface area (Å²) in [6, 6.07) is 3.00. The predicted molar refractivity (Wildman–Crippen MR) is 119 cm³/mol. The van der Waals surface area contributed by atoms with Crippen molar-refractivity contribution < 1.29 is 14.4 Å². The Balaban J connectivity index is 1.55. The van der Waals surface area contributed by atoms with Gasteiger partial charge in [0, 0.05) is 40.4 Å². The number of aryl methyl sites for hydroxylation is 2. The van der Waals surface area contributed by atoms with Crippen molar-refractivity contribution in [2.45, 2.75) is 43.3 Å². The fourth-order valence-electron chi connectivity index (χ4n) is 4.09. The smallest absolute Gasteiger partial charge is 0.270 e. The molecule has 1 aliphatic heterocycles. The van der Waals surface area contributed by atoms with Crippen molar-refractivity contribution in [2.24, 2.45) is 0 Å². The zero-order valence-electron chi connectivity index (χ0n) is 16.6. The standard InChI is InChI=1S/C21H19N3O5S2/c1-2-6-23-20(25)17-15-4-3-5-16(15)31-19(17)22-21(23)30-10-13-8-14(24(26)27)7-12-9-28-11-29-18(12)13/h2,7-8H,1,3-6,9-11H2. The molecule has 160 valence electrons. The van der Waals surface area contributed by atoms with E-state index in [2.05, 4.69) is 6.58 Å². The van der Waals surface area contributed by atoms with E-state index in [-0.39, 0.29) is 24.6 Å². The van der Waals surface area contributed by atoms with Crippen molar-refractivity contribution in [2.75, 3.05) is 6.79 Å². The third-order valence-corrected chi connectivity index (χ3v) is 7.65. The molecule has 0 radical (unpaired) electrons. The van der Waals surface area contributed by atoms with Crippen LogP contribution in [-0.4, -0.2) is 21.3 Å². The molecule has 3 aromatic rings. The van der Waals surface area contributed by atoms with Gasteiger partial charge in [0.05, 0.1) is 16.9 Å². The molecule has 0 saturated carbocycles. The number of rotatable bonds is 6. The number of hydrogen-bond donors (Lipinski definition) is 0. The summed E-state index contributed by atoms with van der Waals surface area (Å²) in [7, 11) is 0. The lowest BCUT2D eigenvalue weighted by Crippen LogP contribution is -2.23. The van der Waals surface area contributed by atoms with Crippen molar-refractivity contribution in [3.63, 3.8) is 0 Å². The fraction of sp³-hybridized carbons (Fsp3) is 0.333. The van der Waals surface area contributed by atoms with Crippen molar-refractivity contribution in [3.8, 4) is 5.75 Å². The summed E-state index contributed by atoms with van der Waals surface area (Å²) in [4.78, 5) is 31.0. The number of hydrogen-bond acceptors (Lipinski definition) is 8. The molecule has 0 amide bonds. The van der Waals surface area contributed by atoms with E-state index >= 15 is 0 Å². The second kappa shape index (κ2) is 8.10. The Kier molecular flexibility index (Phi) is 5.28. The van der Waals surface area contributed by atoms with E-state index < -0.39 is 4.92 Å². The minimum atomic E-state index is -0.422. The van der Waals surface area contributed by atoms with E-state index in [1.165, 1.54) is 28.8 Å². The normalized spacial score (nSPS) is 14.8. The minimum absolute atomic E-state index is 0.00924. The first-order valence-corrected chi connectivity index (χ1v) is 11.7. The lowest BCUT2D eigenvalue weighted by Gasteiger charge is -2.20. The van der Waals surface area contributed by atoms with Gasteiger partial charge in [-0.15, -0.1) is 17.9 Å². The van der Waals surface area contributed by atoms with Crippen molar-refractivity contribution in [3.05, 3.63) is 66.8 Å². The number of ether oxygens (including phenoxy) is 2. The molecule has 2 aliphatic rings. The number of nitro groups is 1. The Hall–Kier alpha value is -2.69. The van der Waals surface area contributed by atoms with Crippen LogP contribution in [0.15, 0.2) is 34.7 Å². The van der Waals surface area contributed by atoms with Gasteiger partial charge in [-0.2, -0.15) is 0 Å². The number of non-ortho nitro benzene ring substituents is 1. The summed E-state index contributed by atoms with van der Waals surface area (Å²) in [6.07, 6.45) is 4.68. The highest BCUT2D eigenvalue weighted by molar-refractivity contribution is 7.98. The molecular formula is C21H19N3O5S2. The first kappa shape index (κ1) is 20.2. The Morgan fingerprint density at radius 2 is 2.26 bits per heavy atom. The quantitative estimate of drug-likeness (QED) is 0.180. The Morgan fingerprint density at radius 3 is 3.06 bits per heavy atom. The number of fused-ring (bicyclic) bond motifs is 4. The number of thioether (sulfide) groups is 1. The van der Waals surface area contributed by atoms with Gasteiger partial charge >= 0.3 is 0 Å². The molecule has 0 atom stereocenters. The summed E-state index contributed by atoms with van der Waals surface area (Å²) in [5.41, 5.74) is 2.43. The minimum Gasteiger partial charge on any atom is -0.467 e. The maximum Gasteiger partial charge on any atom is 0.270 e. The Labute approximate surface area is 185 Å². The number of aromatic nitrogens is 2. The van der Waals surface area contributed by atoms with Crippen LogP contribution in [0, 0.1) is 10.1 Å². The number of nitrogens with zero attached hydrogens (tertiary/aromatic N) is 3. The van der Waals surface area contributed by atoms with E-state index in [4.69, 9.17) is 14.5 Å². The van der Waals surface area contributed by atoms with Crippen LogP contribution in [-0.2, 0) is 36.5 Å². The van der Waals surface area contributed by atoms with Crippen molar-refractivity contribution in [1.29, 1.82) is 0 Å². The van der Waals surface area contributed by atoms with Crippen LogP contribution in [0.4, 0.5) is 5.69 Å². The lowest BCUT2D eigenvalue weighted by atomic mass is 10.1. The molecular weight excluding hydrogens is 438 g/mol. The highest BCUT2D eigenvalue weighted by Gasteiger charge is 2.24. The summed E-state index contributed by atoms with van der Waals surface area (Å²) in [5.74, 6) is 0.989. The van der Waals surface area contributed by atoms with E-state index in [0.29, 0.717) is 34.3 Å². The molecule has 0 saturated heterocycles. The zero-order valence-corrected chi connectivity index (χ0v) is 18.2. The van der Waals surface area contributed by atoms with Gasteiger partial charge in [-0.1, -0.05) is 17.8 Å². The molecule has 2 aromatic heterocycles. The molecule has 5 rings (SSSR count). The highest BCUT2D eigenvalue weighted by Crippen LogP contribution is 2.38. The first-order valence-electron chi connectivity index (χ1n) is 9.86. The third-order valence-electron chi connectivity index (χ3n) is 5.44. The first-order chi connectivity index (χ1) is 15.1. The maximum atomic E-state index is 13.3. The van der Waals surface area contributed by atoms with Crippen LogP contribution < -0.4 is 10.3 Å². The van der Waals surface area contributed by atoms with Crippen LogP contribution in [0.25, 0.3) is 10.2 Å². The van der Waals surface area contributed by atoms with E-state index in [9.17, 15) is 14.9 Å². The molecule has 3 heterocycles. The lowest BCUT2D eigenvalue weighted by molar-refractivity contribution is -0.385. The molecule has 1 aromatic carbocycles. The van der Waals surface area contributed by atoms with Gasteiger partial charge in [0.15, 0.2) is 11.9 Å². The highest BCUT2D eigenvalue weighted by atomic mass is 32.2. The molecule has 0 N–H and O–H groups in total. The van der Waals surface area contributed by atoms with Gasteiger partial charge in [0.25, 0.3) is 11.2 Å². The van der Waals surface area contributed by atoms with Gasteiger partial charge in [-0.05, 0) is 24.8 Å². The summed E-state index contributed by atoms with van der Waals surface area (Å²) in [5, 5.41) is 12.7. The van der Waals surface area contributed by atoms with E-state index in [0.717, 1.165) is 35.0 Å². The average molecular weight is 458 g/mol. The molecule has 31 heavy (non-hydrogen) atoms. The van der Waals surface area contributed by atoms with Crippen LogP contribution >= 0.6 is 23.1 Å². The second-order valence-electron chi connectivity index (χ2n) is 7.39. The predicted octanol–water partition coefficient (Wildman–Crippen LogP) is 4.20. The van der Waals surface area contributed by atoms with Gasteiger partial charge in [-0.3, -0.25) is 19.5 Å². The van der Waals surface area contributed by atoms with Crippen molar-refractivity contribution in [1.82, 2.24) is 9.55 Å². The van der Waals surface area contributed by atoms with Crippen LogP contribution in [0.2, 0.25) is 0 Å². The molecule has 8 nitrogen and oxygen atoms in total. The Bertz CT molecular complexity index is 1280. The van der Waals surface area contributed by atoms with E-state index in [1.807, 2.05) is 0 Å². The van der Waals surface area contributed by atoms with Crippen molar-refractivity contribution >= 4 is 39.0 Å². The number of benzene rings is 1. The fourth-order valence-corrected chi connectivity index (χ4v) is 6.37. The zero-order chi connectivity index (χ0) is 21.5. The van der Waals surface area contributed by atoms with Crippen LogP contribution in [0.5, 0.6) is 5.75 Å². The van der Waals surface area contributed by atoms with Crippen LogP contribution in [0.3, 0.4) is 0 Å². The van der Waals surface area contributed by atoms with Gasteiger partial charge in [-0.25, -0.2) is 4.98 Å². The number of allylic oxidation sites excluding steroid dienone is 1. The molecule has 0 fully saturated rings. The SMILES string of the molecule is C=CCn1c(SCc2cc([N+](=O)[O-])cc3c2OCOC3)nc2sc3c(c2c1=O)CCC3. The monoisotopic (exact) mass is 457 g/mol. The average Bonchev–Trinajstić information content (AvgIpc) is 3.35. The largest absolute Gasteiger partial charge is 0.467 e. The van der Waals surface area contributed by atoms with Gasteiger partial charge < -0.3 is 9.47 Å². The number of nitro benzene ring substituents is 1. The topological polar surface area (TPSA) is 96.5 Å². The third kappa shape index (κ3) is 3.54. The maximum absolute atomic E-state index is 13.3. The van der Waals surface area contributed by atoms with Gasteiger partial charge in [0.2, 0.25) is 0 Å². The second-order valence-corrected chi connectivity index (χ2v) is 9.41. The summed E-state index contributed by atoms with van der Waals surface area (Å²) < 4.78 is 12.5. The molecule has 1 aliphatic carbocycles. The molecule has 0 bridgehead atoms.